The number of hydrogen-bond acceptors (Lipinski definition) is 4. The van der Waals surface area contributed by atoms with Gasteiger partial charge in [0.1, 0.15) is 11.4 Å². The molecule has 0 spiro atoms. The summed E-state index contributed by atoms with van der Waals surface area (Å²) in [6.45, 7) is 6.80. The molecule has 1 unspecified atom stereocenters. The van der Waals surface area contributed by atoms with Gasteiger partial charge in [-0.15, -0.1) is 0 Å². The van der Waals surface area contributed by atoms with Crippen LogP contribution in [0.15, 0.2) is 18.2 Å². The summed E-state index contributed by atoms with van der Waals surface area (Å²) in [6.07, 6.45) is 2.17. The second kappa shape index (κ2) is 7.64. The Morgan fingerprint density at radius 3 is 2.83 bits per heavy atom. The Kier molecular flexibility index (Phi) is 5.82. The fraction of sp³-hybridized carbons (Fsp3) is 0.588. The first-order valence-corrected chi connectivity index (χ1v) is 7.97. The molecule has 1 saturated heterocycles. The molecule has 2 N–H and O–H groups in total. The molecule has 0 radical (unpaired) electrons. The summed E-state index contributed by atoms with van der Waals surface area (Å²) in [5.41, 5.74) is 0.296. The molecule has 1 aromatic rings. The molecule has 0 aliphatic carbocycles. The van der Waals surface area contributed by atoms with Crippen LogP contribution in [0.2, 0.25) is 0 Å². The molecular weight excluding hydrogens is 299 g/mol. The van der Waals surface area contributed by atoms with Crippen molar-refractivity contribution >= 4 is 17.5 Å². The second-order valence-corrected chi connectivity index (χ2v) is 6.71. The minimum absolute atomic E-state index is 0.170. The fourth-order valence-corrected chi connectivity index (χ4v) is 2.40. The number of rotatable bonds is 3. The highest BCUT2D eigenvalue weighted by Gasteiger charge is 2.18. The molecule has 1 amide bonds. The van der Waals surface area contributed by atoms with Crippen molar-refractivity contribution in [2.75, 3.05) is 23.8 Å². The first kappa shape index (κ1) is 17.5. The van der Waals surface area contributed by atoms with Crippen molar-refractivity contribution in [3.05, 3.63) is 24.0 Å². The highest BCUT2D eigenvalue weighted by Crippen LogP contribution is 2.23. The third-order valence-electron chi connectivity index (χ3n) is 3.42. The minimum Gasteiger partial charge on any atom is -0.444 e. The molecule has 23 heavy (non-hydrogen) atoms. The standard InChI is InChI=1S/C17H25FN2O3/c1-17(2,3)23-16(21)20-13-6-7-14(18)15(11-13)19-12-5-4-9-22-10-8-12/h6-7,11-12,19H,4-5,8-10H2,1-3H3,(H,20,21). The van der Waals surface area contributed by atoms with Crippen LogP contribution in [0, 0.1) is 5.82 Å². The number of anilines is 2. The van der Waals surface area contributed by atoms with Crippen LogP contribution in [0.5, 0.6) is 0 Å². The lowest BCUT2D eigenvalue weighted by atomic mass is 10.1. The van der Waals surface area contributed by atoms with Crippen molar-refractivity contribution in [1.82, 2.24) is 0 Å². The number of ether oxygens (including phenoxy) is 2. The van der Waals surface area contributed by atoms with E-state index in [0.717, 1.165) is 25.9 Å². The monoisotopic (exact) mass is 324 g/mol. The number of amides is 1. The molecule has 6 heteroatoms. The van der Waals surface area contributed by atoms with E-state index in [1.807, 2.05) is 0 Å². The maximum atomic E-state index is 14.0. The summed E-state index contributed by atoms with van der Waals surface area (Å²) < 4.78 is 24.6. The van der Waals surface area contributed by atoms with E-state index in [9.17, 15) is 9.18 Å². The molecule has 1 aromatic carbocycles. The highest BCUT2D eigenvalue weighted by atomic mass is 19.1. The third kappa shape index (κ3) is 6.06. The highest BCUT2D eigenvalue weighted by molar-refractivity contribution is 5.85. The molecule has 1 heterocycles. The van der Waals surface area contributed by atoms with Crippen molar-refractivity contribution in [2.24, 2.45) is 0 Å². The molecule has 1 fully saturated rings. The summed E-state index contributed by atoms with van der Waals surface area (Å²) in [6, 6.07) is 4.61. The number of carbonyl (C=O) groups is 1. The number of nitrogens with one attached hydrogen (secondary N) is 2. The SMILES string of the molecule is CC(C)(C)OC(=O)Nc1ccc(F)c(NC2CCCOCC2)c1. The normalized spacial score (nSPS) is 18.9. The number of hydrogen-bond donors (Lipinski definition) is 2. The quantitative estimate of drug-likeness (QED) is 0.877. The number of halogens is 1. The van der Waals surface area contributed by atoms with E-state index in [1.165, 1.54) is 12.1 Å². The van der Waals surface area contributed by atoms with Crippen LogP contribution in [0.3, 0.4) is 0 Å². The van der Waals surface area contributed by atoms with Gasteiger partial charge >= 0.3 is 6.09 Å². The van der Waals surface area contributed by atoms with E-state index in [4.69, 9.17) is 9.47 Å². The van der Waals surface area contributed by atoms with E-state index < -0.39 is 11.7 Å². The van der Waals surface area contributed by atoms with Gasteiger partial charge in [-0.2, -0.15) is 0 Å². The van der Waals surface area contributed by atoms with Crippen LogP contribution in [0.1, 0.15) is 40.0 Å². The average molecular weight is 324 g/mol. The lowest BCUT2D eigenvalue weighted by molar-refractivity contribution is 0.0636. The molecule has 1 atom stereocenters. The Bertz CT molecular complexity index is 535. The van der Waals surface area contributed by atoms with E-state index in [0.29, 0.717) is 18.0 Å². The maximum Gasteiger partial charge on any atom is 0.412 e. The van der Waals surface area contributed by atoms with Crippen LogP contribution in [0.25, 0.3) is 0 Å². The fourth-order valence-electron chi connectivity index (χ4n) is 2.40. The molecule has 2 rings (SSSR count). The van der Waals surface area contributed by atoms with Crippen LogP contribution in [-0.2, 0) is 9.47 Å². The average Bonchev–Trinajstić information content (AvgIpc) is 2.69. The van der Waals surface area contributed by atoms with Gasteiger partial charge in [0.15, 0.2) is 0 Å². The Hall–Kier alpha value is -1.82. The third-order valence-corrected chi connectivity index (χ3v) is 3.42. The second-order valence-electron chi connectivity index (χ2n) is 6.71. The lowest BCUT2D eigenvalue weighted by Crippen LogP contribution is -2.27. The van der Waals surface area contributed by atoms with Gasteiger partial charge in [-0.1, -0.05) is 0 Å². The zero-order valence-electron chi connectivity index (χ0n) is 13.9. The summed E-state index contributed by atoms with van der Waals surface area (Å²) in [5.74, 6) is -0.343. The molecule has 0 aromatic heterocycles. The largest absolute Gasteiger partial charge is 0.444 e. The molecular formula is C17H25FN2O3. The van der Waals surface area contributed by atoms with Gasteiger partial charge in [0, 0.05) is 24.9 Å². The molecule has 128 valence electrons. The van der Waals surface area contributed by atoms with Crippen molar-refractivity contribution < 1.29 is 18.7 Å². The Morgan fingerprint density at radius 1 is 1.30 bits per heavy atom. The van der Waals surface area contributed by atoms with Crippen molar-refractivity contribution in [3.8, 4) is 0 Å². The summed E-state index contributed by atoms with van der Waals surface area (Å²) in [7, 11) is 0. The molecule has 0 saturated carbocycles. The zero-order valence-corrected chi connectivity index (χ0v) is 13.9. The smallest absolute Gasteiger partial charge is 0.412 e. The van der Waals surface area contributed by atoms with Gasteiger partial charge in [0.25, 0.3) is 0 Å². The summed E-state index contributed by atoms with van der Waals surface area (Å²) >= 11 is 0. The van der Waals surface area contributed by atoms with Crippen LogP contribution in [-0.4, -0.2) is 30.9 Å². The van der Waals surface area contributed by atoms with Gasteiger partial charge in [-0.3, -0.25) is 5.32 Å². The van der Waals surface area contributed by atoms with E-state index >= 15 is 0 Å². The molecule has 0 bridgehead atoms. The van der Waals surface area contributed by atoms with Crippen LogP contribution >= 0.6 is 0 Å². The Morgan fingerprint density at radius 2 is 2.09 bits per heavy atom. The van der Waals surface area contributed by atoms with Gasteiger partial charge in [-0.25, -0.2) is 9.18 Å². The molecule has 1 aliphatic heterocycles. The maximum absolute atomic E-state index is 14.0. The predicted octanol–water partition coefficient (Wildman–Crippen LogP) is 4.15. The van der Waals surface area contributed by atoms with Gasteiger partial charge in [-0.05, 0) is 58.2 Å². The van der Waals surface area contributed by atoms with Gasteiger partial charge in [0.05, 0.1) is 5.69 Å². The lowest BCUT2D eigenvalue weighted by Gasteiger charge is -2.21. The summed E-state index contributed by atoms with van der Waals surface area (Å²) in [4.78, 5) is 11.8. The Labute approximate surface area is 136 Å². The predicted molar refractivity (Wildman–Crippen MR) is 88.3 cm³/mol. The molecule has 1 aliphatic rings. The van der Waals surface area contributed by atoms with Crippen molar-refractivity contribution in [2.45, 2.75) is 51.7 Å². The van der Waals surface area contributed by atoms with Crippen molar-refractivity contribution in [1.29, 1.82) is 0 Å². The first-order valence-electron chi connectivity index (χ1n) is 7.97. The van der Waals surface area contributed by atoms with Crippen LogP contribution in [0.4, 0.5) is 20.6 Å². The zero-order chi connectivity index (χ0) is 16.9. The minimum atomic E-state index is -0.578. The molecule has 5 nitrogen and oxygen atoms in total. The Balaban J connectivity index is 2.01. The topological polar surface area (TPSA) is 59.6 Å². The van der Waals surface area contributed by atoms with Crippen LogP contribution < -0.4 is 10.6 Å². The number of benzene rings is 1. The van der Waals surface area contributed by atoms with Gasteiger partial charge < -0.3 is 14.8 Å². The summed E-state index contributed by atoms with van der Waals surface area (Å²) in [5, 5.41) is 5.83. The first-order chi connectivity index (χ1) is 10.8. The van der Waals surface area contributed by atoms with E-state index in [2.05, 4.69) is 10.6 Å². The van der Waals surface area contributed by atoms with Crippen molar-refractivity contribution in [3.63, 3.8) is 0 Å². The van der Waals surface area contributed by atoms with E-state index in [-0.39, 0.29) is 11.9 Å². The number of carbonyl (C=O) groups excluding carboxylic acids is 1. The van der Waals surface area contributed by atoms with Gasteiger partial charge in [0.2, 0.25) is 0 Å². The van der Waals surface area contributed by atoms with E-state index in [1.54, 1.807) is 26.8 Å².